The normalized spacial score (nSPS) is 11.2. The first-order valence-electron chi connectivity index (χ1n) is 14.1. The fourth-order valence-corrected chi connectivity index (χ4v) is 5.76. The molecule has 0 unspecified atom stereocenters. The molecule has 6 aromatic carbocycles. The largest absolute Gasteiger partial charge is 0.309 e. The molecule has 200 valence electrons. The van der Waals surface area contributed by atoms with Crippen molar-refractivity contribution in [3.63, 3.8) is 0 Å². The lowest BCUT2D eigenvalue weighted by Gasteiger charge is -2.10. The third-order valence-electron chi connectivity index (χ3n) is 7.84. The first kappa shape index (κ1) is 24.7. The van der Waals surface area contributed by atoms with Crippen LogP contribution in [0.3, 0.4) is 0 Å². The third-order valence-corrected chi connectivity index (χ3v) is 7.84. The molecule has 5 nitrogen and oxygen atoms in total. The van der Waals surface area contributed by atoms with Crippen LogP contribution in [-0.2, 0) is 0 Å². The Morgan fingerprint density at radius 1 is 0.465 bits per heavy atom. The monoisotopic (exact) mass is 549 g/mol. The van der Waals surface area contributed by atoms with Gasteiger partial charge in [0.25, 0.3) is 0 Å². The lowest BCUT2D eigenvalue weighted by molar-refractivity contribution is 1.07. The molecule has 0 amide bonds. The highest BCUT2D eigenvalue weighted by Crippen LogP contribution is 2.36. The van der Waals surface area contributed by atoms with Gasteiger partial charge in [-0.05, 0) is 59.3 Å². The van der Waals surface area contributed by atoms with Crippen molar-refractivity contribution in [3.8, 4) is 45.9 Å². The van der Waals surface area contributed by atoms with Gasteiger partial charge < -0.3 is 4.57 Å². The van der Waals surface area contributed by atoms with Crippen molar-refractivity contribution in [3.05, 3.63) is 145 Å². The van der Waals surface area contributed by atoms with Crippen molar-refractivity contribution < 1.29 is 0 Å². The van der Waals surface area contributed by atoms with Crippen molar-refractivity contribution in [2.24, 2.45) is 0 Å². The first-order chi connectivity index (χ1) is 21.2. The summed E-state index contributed by atoms with van der Waals surface area (Å²) in [6, 6.07) is 49.4. The minimum Gasteiger partial charge on any atom is -0.309 e. The van der Waals surface area contributed by atoms with Crippen molar-refractivity contribution in [1.29, 1.82) is 5.26 Å². The van der Waals surface area contributed by atoms with Crippen molar-refractivity contribution in [1.82, 2.24) is 19.5 Å². The topological polar surface area (TPSA) is 67.4 Å². The Morgan fingerprint density at radius 2 is 1.02 bits per heavy atom. The lowest BCUT2D eigenvalue weighted by atomic mass is 10.1. The maximum Gasteiger partial charge on any atom is 0.164 e. The number of nitrogens with zero attached hydrogens (tertiary/aromatic N) is 5. The van der Waals surface area contributed by atoms with E-state index in [4.69, 9.17) is 15.0 Å². The number of hydrogen-bond donors (Lipinski definition) is 0. The highest BCUT2D eigenvalue weighted by molar-refractivity contribution is 6.11. The number of fused-ring (bicyclic) bond motifs is 4. The van der Waals surface area contributed by atoms with Gasteiger partial charge in [0.05, 0.1) is 22.7 Å². The molecule has 5 heteroatoms. The predicted molar refractivity (Wildman–Crippen MR) is 173 cm³/mol. The van der Waals surface area contributed by atoms with Crippen LogP contribution in [0.1, 0.15) is 5.56 Å². The summed E-state index contributed by atoms with van der Waals surface area (Å²) < 4.78 is 2.26. The molecule has 0 saturated carbocycles. The number of benzene rings is 6. The molecule has 0 aliphatic carbocycles. The van der Waals surface area contributed by atoms with Gasteiger partial charge in [0.1, 0.15) is 0 Å². The van der Waals surface area contributed by atoms with E-state index in [1.807, 2.05) is 78.9 Å². The molecule has 2 heterocycles. The Morgan fingerprint density at radius 3 is 1.67 bits per heavy atom. The fourth-order valence-electron chi connectivity index (χ4n) is 5.76. The molecule has 0 radical (unpaired) electrons. The van der Waals surface area contributed by atoms with Gasteiger partial charge in [-0.3, -0.25) is 0 Å². The quantitative estimate of drug-likeness (QED) is 0.220. The predicted octanol–water partition coefficient (Wildman–Crippen LogP) is 8.99. The molecule has 8 rings (SSSR count). The van der Waals surface area contributed by atoms with Gasteiger partial charge >= 0.3 is 0 Å². The van der Waals surface area contributed by atoms with Crippen LogP contribution in [0, 0.1) is 11.3 Å². The minimum absolute atomic E-state index is 0.595. The van der Waals surface area contributed by atoms with E-state index in [1.54, 1.807) is 0 Å². The zero-order valence-corrected chi connectivity index (χ0v) is 23.0. The molecule has 43 heavy (non-hydrogen) atoms. The zero-order valence-electron chi connectivity index (χ0n) is 23.0. The van der Waals surface area contributed by atoms with E-state index < -0.39 is 0 Å². The number of hydrogen-bond acceptors (Lipinski definition) is 4. The average molecular weight is 550 g/mol. The van der Waals surface area contributed by atoms with Gasteiger partial charge in [0.15, 0.2) is 17.5 Å². The van der Waals surface area contributed by atoms with Crippen LogP contribution < -0.4 is 0 Å². The molecule has 0 spiro atoms. The Kier molecular flexibility index (Phi) is 5.77. The summed E-state index contributed by atoms with van der Waals surface area (Å²) in [5, 5.41) is 14.1. The molecule has 0 fully saturated rings. The van der Waals surface area contributed by atoms with Crippen LogP contribution in [0.15, 0.2) is 140 Å². The van der Waals surface area contributed by atoms with Crippen LogP contribution in [0.4, 0.5) is 0 Å². The van der Waals surface area contributed by atoms with Crippen molar-refractivity contribution in [2.75, 3.05) is 0 Å². The zero-order chi connectivity index (χ0) is 28.8. The molecule has 0 atom stereocenters. The minimum atomic E-state index is 0.595. The second kappa shape index (κ2) is 10.1. The fraction of sp³-hybridized carbons (Fsp3) is 0. The highest BCUT2D eigenvalue weighted by atomic mass is 15.0. The molecular formula is C38H23N5. The van der Waals surface area contributed by atoms with Gasteiger partial charge in [0, 0.05) is 33.2 Å². The van der Waals surface area contributed by atoms with E-state index in [2.05, 4.69) is 71.3 Å². The molecule has 0 aliphatic rings. The van der Waals surface area contributed by atoms with Crippen LogP contribution in [0.5, 0.6) is 0 Å². The van der Waals surface area contributed by atoms with Crippen LogP contribution >= 0.6 is 0 Å². The van der Waals surface area contributed by atoms with E-state index in [0.29, 0.717) is 23.0 Å². The van der Waals surface area contributed by atoms with E-state index in [0.717, 1.165) is 44.2 Å². The highest BCUT2D eigenvalue weighted by Gasteiger charge is 2.17. The maximum absolute atomic E-state index is 9.74. The van der Waals surface area contributed by atoms with E-state index in [9.17, 15) is 5.26 Å². The molecular weight excluding hydrogens is 526 g/mol. The van der Waals surface area contributed by atoms with Crippen molar-refractivity contribution >= 4 is 32.6 Å². The Labute approximate surface area is 248 Å². The van der Waals surface area contributed by atoms with Crippen LogP contribution in [-0.4, -0.2) is 19.5 Å². The van der Waals surface area contributed by atoms with Gasteiger partial charge in [-0.1, -0.05) is 91.0 Å². The van der Waals surface area contributed by atoms with Gasteiger partial charge in [-0.15, -0.1) is 0 Å². The van der Waals surface area contributed by atoms with Crippen molar-refractivity contribution in [2.45, 2.75) is 0 Å². The van der Waals surface area contributed by atoms with Crippen LogP contribution in [0.2, 0.25) is 0 Å². The van der Waals surface area contributed by atoms with Gasteiger partial charge in [0.2, 0.25) is 0 Å². The number of aromatic nitrogens is 4. The number of nitriles is 1. The molecule has 0 aliphatic heterocycles. The summed E-state index contributed by atoms with van der Waals surface area (Å²) in [7, 11) is 0. The average Bonchev–Trinajstić information content (AvgIpc) is 3.41. The summed E-state index contributed by atoms with van der Waals surface area (Å²) in [5.74, 6) is 1.84. The molecule has 2 aromatic heterocycles. The standard InChI is InChI=1S/C38H23N5/c39-24-25-15-19-34-32(21-25)33-23-30(17-20-35(33)43(34)31-18-16-26-9-7-8-14-29(26)22-31)38-41-36(27-10-3-1-4-11-27)40-37(42-38)28-12-5-2-6-13-28/h1-23H. The summed E-state index contributed by atoms with van der Waals surface area (Å²) >= 11 is 0. The Hall–Kier alpha value is -6.12. The first-order valence-corrected chi connectivity index (χ1v) is 14.1. The van der Waals surface area contributed by atoms with E-state index in [-0.39, 0.29) is 0 Å². The smallest absolute Gasteiger partial charge is 0.164 e. The third kappa shape index (κ3) is 4.30. The van der Waals surface area contributed by atoms with Crippen LogP contribution in [0.25, 0.3) is 72.4 Å². The van der Waals surface area contributed by atoms with E-state index >= 15 is 0 Å². The molecule has 8 aromatic rings. The maximum atomic E-state index is 9.74. The molecule has 0 N–H and O–H groups in total. The van der Waals surface area contributed by atoms with Gasteiger partial charge in [-0.2, -0.15) is 5.26 Å². The van der Waals surface area contributed by atoms with E-state index in [1.165, 1.54) is 10.8 Å². The second-order valence-corrected chi connectivity index (χ2v) is 10.5. The Bertz CT molecular complexity index is 2290. The SMILES string of the molecule is N#Cc1ccc2c(c1)c1cc(-c3nc(-c4ccccc4)nc(-c4ccccc4)n3)ccc1n2-c1ccc2ccccc2c1. The van der Waals surface area contributed by atoms with Gasteiger partial charge in [-0.25, -0.2) is 15.0 Å². The lowest BCUT2D eigenvalue weighted by Crippen LogP contribution is -2.00. The Balaban J connectivity index is 1.37. The summed E-state index contributed by atoms with van der Waals surface area (Å²) in [4.78, 5) is 14.7. The summed E-state index contributed by atoms with van der Waals surface area (Å²) in [5.41, 5.74) is 6.50. The summed E-state index contributed by atoms with van der Waals surface area (Å²) in [6.07, 6.45) is 0. The molecule has 0 saturated heterocycles. The summed E-state index contributed by atoms with van der Waals surface area (Å²) in [6.45, 7) is 0. The molecule has 0 bridgehead atoms. The number of rotatable bonds is 4. The second-order valence-electron chi connectivity index (χ2n) is 10.5.